The maximum Gasteiger partial charge on any atom is 0.203 e. The maximum absolute atomic E-state index is 12.9. The molecule has 0 atom stereocenters. The molecular formula is C14H10FN3S2. The largest absolute Gasteiger partial charge is 0.253 e. The van der Waals surface area contributed by atoms with Gasteiger partial charge in [-0.1, -0.05) is 6.07 Å². The molecule has 0 aliphatic carbocycles. The zero-order valence-electron chi connectivity index (χ0n) is 10.3. The van der Waals surface area contributed by atoms with Gasteiger partial charge in [-0.25, -0.2) is 9.37 Å². The number of thiophene rings is 1. The lowest BCUT2D eigenvalue weighted by molar-refractivity contribution is 0.628. The van der Waals surface area contributed by atoms with E-state index in [0.717, 1.165) is 16.1 Å². The van der Waals surface area contributed by atoms with E-state index in [4.69, 9.17) is 0 Å². The van der Waals surface area contributed by atoms with E-state index in [1.807, 2.05) is 22.9 Å². The van der Waals surface area contributed by atoms with Crippen molar-refractivity contribution >= 4 is 34.0 Å². The van der Waals surface area contributed by atoms with Gasteiger partial charge in [0.25, 0.3) is 0 Å². The fourth-order valence-electron chi connectivity index (χ4n) is 1.59. The van der Waals surface area contributed by atoms with Crippen molar-refractivity contribution in [2.75, 3.05) is 5.43 Å². The SMILES string of the molecule is Fc1ccc(-c2csc(N/N=C\c3cccs3)n2)cc1. The molecule has 2 aromatic heterocycles. The van der Waals surface area contributed by atoms with Crippen molar-refractivity contribution in [1.29, 1.82) is 0 Å². The van der Waals surface area contributed by atoms with Crippen molar-refractivity contribution in [2.24, 2.45) is 5.10 Å². The van der Waals surface area contributed by atoms with Gasteiger partial charge in [-0.2, -0.15) is 5.10 Å². The van der Waals surface area contributed by atoms with Gasteiger partial charge in [-0.3, -0.25) is 5.43 Å². The molecule has 3 nitrogen and oxygen atoms in total. The van der Waals surface area contributed by atoms with Crippen LogP contribution < -0.4 is 5.43 Å². The van der Waals surface area contributed by atoms with E-state index in [-0.39, 0.29) is 5.82 Å². The molecule has 0 aliphatic heterocycles. The molecule has 3 rings (SSSR count). The van der Waals surface area contributed by atoms with Crippen LogP contribution in [0.2, 0.25) is 0 Å². The molecular weight excluding hydrogens is 293 g/mol. The van der Waals surface area contributed by atoms with Gasteiger partial charge in [0.05, 0.1) is 11.9 Å². The number of hydrazone groups is 1. The fourth-order valence-corrected chi connectivity index (χ4v) is 2.85. The van der Waals surface area contributed by atoms with E-state index in [1.165, 1.54) is 23.5 Å². The molecule has 0 fully saturated rings. The lowest BCUT2D eigenvalue weighted by Crippen LogP contribution is -1.88. The smallest absolute Gasteiger partial charge is 0.203 e. The molecule has 0 saturated heterocycles. The van der Waals surface area contributed by atoms with Crippen LogP contribution in [0.5, 0.6) is 0 Å². The minimum Gasteiger partial charge on any atom is -0.253 e. The van der Waals surface area contributed by atoms with E-state index in [2.05, 4.69) is 15.5 Å². The molecule has 0 saturated carbocycles. The summed E-state index contributed by atoms with van der Waals surface area (Å²) in [6.07, 6.45) is 1.75. The number of rotatable bonds is 4. The number of thiazole rings is 1. The minimum atomic E-state index is -0.247. The van der Waals surface area contributed by atoms with Gasteiger partial charge in [-0.05, 0) is 35.7 Å². The number of aromatic nitrogens is 1. The second kappa shape index (κ2) is 5.94. The van der Waals surface area contributed by atoms with Crippen molar-refractivity contribution in [3.05, 3.63) is 57.9 Å². The number of hydrogen-bond acceptors (Lipinski definition) is 5. The summed E-state index contributed by atoms with van der Waals surface area (Å²) in [6.45, 7) is 0. The fraction of sp³-hybridized carbons (Fsp3) is 0. The highest BCUT2D eigenvalue weighted by atomic mass is 32.1. The van der Waals surface area contributed by atoms with E-state index in [0.29, 0.717) is 5.13 Å². The summed E-state index contributed by atoms with van der Waals surface area (Å²) in [5.74, 6) is -0.247. The summed E-state index contributed by atoms with van der Waals surface area (Å²) < 4.78 is 12.9. The summed E-state index contributed by atoms with van der Waals surface area (Å²) in [5, 5.41) is 8.74. The predicted octanol–water partition coefficient (Wildman–Crippen LogP) is 4.46. The molecule has 2 heterocycles. The zero-order valence-corrected chi connectivity index (χ0v) is 11.9. The number of benzene rings is 1. The lowest BCUT2D eigenvalue weighted by atomic mass is 10.2. The third kappa shape index (κ3) is 3.09. The van der Waals surface area contributed by atoms with Gasteiger partial charge >= 0.3 is 0 Å². The molecule has 0 bridgehead atoms. The van der Waals surface area contributed by atoms with Gasteiger partial charge in [-0.15, -0.1) is 22.7 Å². The normalized spacial score (nSPS) is 11.1. The third-order valence-corrected chi connectivity index (χ3v) is 4.09. The minimum absolute atomic E-state index is 0.247. The van der Waals surface area contributed by atoms with Crippen LogP contribution in [0.4, 0.5) is 9.52 Å². The number of hydrogen-bond donors (Lipinski definition) is 1. The van der Waals surface area contributed by atoms with Crippen LogP contribution in [0.25, 0.3) is 11.3 Å². The molecule has 1 aromatic carbocycles. The highest BCUT2D eigenvalue weighted by molar-refractivity contribution is 7.14. The Morgan fingerprint density at radius 2 is 2.00 bits per heavy atom. The molecule has 6 heteroatoms. The zero-order chi connectivity index (χ0) is 13.8. The number of halogens is 1. The molecule has 0 aliphatic rings. The summed E-state index contributed by atoms with van der Waals surface area (Å²) >= 11 is 3.08. The molecule has 20 heavy (non-hydrogen) atoms. The Hall–Kier alpha value is -2.05. The maximum atomic E-state index is 12.9. The first-order valence-corrected chi connectivity index (χ1v) is 7.61. The van der Waals surface area contributed by atoms with Gasteiger partial charge in [0.2, 0.25) is 5.13 Å². The summed E-state index contributed by atoms with van der Waals surface area (Å²) in [7, 11) is 0. The second-order valence-electron chi connectivity index (χ2n) is 3.93. The Kier molecular flexibility index (Phi) is 3.85. The molecule has 100 valence electrons. The Bertz CT molecular complexity index is 702. The Morgan fingerprint density at radius 1 is 1.15 bits per heavy atom. The van der Waals surface area contributed by atoms with Crippen molar-refractivity contribution in [3.63, 3.8) is 0 Å². The van der Waals surface area contributed by atoms with E-state index >= 15 is 0 Å². The monoisotopic (exact) mass is 303 g/mol. The molecule has 0 unspecified atom stereocenters. The molecule has 1 N–H and O–H groups in total. The summed E-state index contributed by atoms with van der Waals surface area (Å²) in [6, 6.07) is 10.2. The van der Waals surface area contributed by atoms with E-state index in [9.17, 15) is 4.39 Å². The van der Waals surface area contributed by atoms with E-state index < -0.39 is 0 Å². The van der Waals surface area contributed by atoms with Crippen LogP contribution in [0.1, 0.15) is 4.88 Å². The van der Waals surface area contributed by atoms with Crippen LogP contribution >= 0.6 is 22.7 Å². The van der Waals surface area contributed by atoms with Gasteiger partial charge in [0.1, 0.15) is 5.82 Å². The number of nitrogens with zero attached hydrogens (tertiary/aromatic N) is 2. The van der Waals surface area contributed by atoms with Crippen molar-refractivity contribution in [2.45, 2.75) is 0 Å². The van der Waals surface area contributed by atoms with Crippen molar-refractivity contribution in [3.8, 4) is 11.3 Å². The first kappa shape index (κ1) is 13.0. The Labute approximate surface area is 123 Å². The van der Waals surface area contributed by atoms with Crippen LogP contribution in [-0.4, -0.2) is 11.2 Å². The quantitative estimate of drug-likeness (QED) is 0.571. The average molecular weight is 303 g/mol. The molecule has 3 aromatic rings. The number of nitrogens with one attached hydrogen (secondary N) is 1. The highest BCUT2D eigenvalue weighted by Crippen LogP contribution is 2.24. The second-order valence-corrected chi connectivity index (χ2v) is 5.77. The van der Waals surface area contributed by atoms with E-state index in [1.54, 1.807) is 29.7 Å². The predicted molar refractivity (Wildman–Crippen MR) is 83.0 cm³/mol. The first-order valence-electron chi connectivity index (χ1n) is 5.85. The van der Waals surface area contributed by atoms with Crippen molar-refractivity contribution < 1.29 is 4.39 Å². The standard InChI is InChI=1S/C14H10FN3S2/c15-11-5-3-10(4-6-11)13-9-20-14(17-13)18-16-8-12-2-1-7-19-12/h1-9H,(H,17,18)/b16-8-. The molecule has 0 radical (unpaired) electrons. The summed E-state index contributed by atoms with van der Waals surface area (Å²) in [5.41, 5.74) is 4.59. The van der Waals surface area contributed by atoms with Gasteiger partial charge in [0, 0.05) is 15.8 Å². The molecule has 0 amide bonds. The Morgan fingerprint density at radius 3 is 2.75 bits per heavy atom. The number of anilines is 1. The lowest BCUT2D eigenvalue weighted by Gasteiger charge is -1.95. The van der Waals surface area contributed by atoms with Crippen LogP contribution in [0.15, 0.2) is 52.3 Å². The molecule has 0 spiro atoms. The average Bonchev–Trinajstić information content (AvgIpc) is 3.11. The van der Waals surface area contributed by atoms with Crippen LogP contribution in [-0.2, 0) is 0 Å². The van der Waals surface area contributed by atoms with Crippen LogP contribution in [0.3, 0.4) is 0 Å². The van der Waals surface area contributed by atoms with Gasteiger partial charge in [0.15, 0.2) is 0 Å². The van der Waals surface area contributed by atoms with Gasteiger partial charge < -0.3 is 0 Å². The van der Waals surface area contributed by atoms with Crippen molar-refractivity contribution in [1.82, 2.24) is 4.98 Å². The third-order valence-electron chi connectivity index (χ3n) is 2.54. The topological polar surface area (TPSA) is 37.3 Å². The van der Waals surface area contributed by atoms with Crippen LogP contribution in [0, 0.1) is 5.82 Å². The first-order chi connectivity index (χ1) is 9.81. The summed E-state index contributed by atoms with van der Waals surface area (Å²) in [4.78, 5) is 5.48. The Balaban J connectivity index is 1.69. The highest BCUT2D eigenvalue weighted by Gasteiger charge is 2.03.